The Labute approximate surface area is 152 Å². The zero-order valence-electron chi connectivity index (χ0n) is 14.6. The van der Waals surface area contributed by atoms with Crippen LogP contribution in [0.4, 0.5) is 11.4 Å². The molecule has 0 saturated heterocycles. The molecule has 0 fully saturated rings. The highest BCUT2D eigenvalue weighted by Crippen LogP contribution is 2.38. The molecule has 0 aromatic heterocycles. The molecule has 132 valence electrons. The second-order valence-corrected chi connectivity index (χ2v) is 7.37. The molecule has 0 spiro atoms. The molecule has 1 heterocycles. The van der Waals surface area contributed by atoms with Crippen molar-refractivity contribution in [2.45, 2.75) is 17.1 Å². The van der Waals surface area contributed by atoms with Crippen LogP contribution in [0.3, 0.4) is 0 Å². The van der Waals surface area contributed by atoms with Crippen LogP contribution in [-0.4, -0.2) is 38.5 Å². The van der Waals surface area contributed by atoms with E-state index in [4.69, 9.17) is 9.47 Å². The molecule has 6 heteroatoms. The molecule has 1 aliphatic rings. The maximum Gasteiger partial charge on any atom is 0.243 e. The number of nitrogens with zero attached hydrogens (tertiary/aromatic N) is 1. The number of fused-ring (bicyclic) bond motifs is 1. The number of benzene rings is 2. The lowest BCUT2D eigenvalue weighted by atomic mass is 10.2. The number of para-hydroxylation sites is 1. The van der Waals surface area contributed by atoms with Crippen molar-refractivity contribution in [2.75, 3.05) is 37.5 Å². The maximum absolute atomic E-state index is 12.5. The van der Waals surface area contributed by atoms with Crippen LogP contribution in [0.5, 0.6) is 11.5 Å². The van der Waals surface area contributed by atoms with E-state index in [9.17, 15) is 4.79 Å². The van der Waals surface area contributed by atoms with Crippen molar-refractivity contribution < 1.29 is 14.3 Å². The number of rotatable bonds is 5. The Kier molecular flexibility index (Phi) is 5.38. The van der Waals surface area contributed by atoms with Crippen LogP contribution in [0.2, 0.25) is 0 Å². The molecule has 0 aliphatic carbocycles. The van der Waals surface area contributed by atoms with E-state index < -0.39 is 0 Å². The summed E-state index contributed by atoms with van der Waals surface area (Å²) in [5.41, 5.74) is 1.81. The zero-order valence-corrected chi connectivity index (χ0v) is 15.4. The fourth-order valence-corrected chi connectivity index (χ4v) is 4.08. The Morgan fingerprint density at radius 2 is 1.96 bits per heavy atom. The van der Waals surface area contributed by atoms with Crippen molar-refractivity contribution in [1.29, 1.82) is 0 Å². The molecule has 1 aliphatic heterocycles. The third-order valence-corrected chi connectivity index (χ3v) is 5.16. The van der Waals surface area contributed by atoms with Crippen molar-refractivity contribution in [2.24, 2.45) is 0 Å². The Morgan fingerprint density at radius 1 is 1.20 bits per heavy atom. The summed E-state index contributed by atoms with van der Waals surface area (Å²) < 4.78 is 10.5. The van der Waals surface area contributed by atoms with E-state index in [-0.39, 0.29) is 5.91 Å². The SMILES string of the molecule is COc1ccc(NC(=O)CN2CC(C)Sc3ccccc32)cc1OC. The minimum Gasteiger partial charge on any atom is -0.493 e. The molecular weight excluding hydrogens is 336 g/mol. The predicted molar refractivity (Wildman–Crippen MR) is 102 cm³/mol. The van der Waals surface area contributed by atoms with Gasteiger partial charge in [-0.3, -0.25) is 4.79 Å². The van der Waals surface area contributed by atoms with Crippen LogP contribution in [-0.2, 0) is 4.79 Å². The number of ether oxygens (including phenoxy) is 2. The minimum absolute atomic E-state index is 0.0545. The summed E-state index contributed by atoms with van der Waals surface area (Å²) in [6, 6.07) is 13.6. The summed E-state index contributed by atoms with van der Waals surface area (Å²) in [5.74, 6) is 1.17. The Bertz CT molecular complexity index is 766. The molecule has 1 N–H and O–H groups in total. The van der Waals surface area contributed by atoms with Crippen LogP contribution < -0.4 is 19.7 Å². The Hall–Kier alpha value is -2.34. The molecule has 2 aromatic rings. The average molecular weight is 358 g/mol. The number of nitrogens with one attached hydrogen (secondary N) is 1. The molecule has 5 nitrogen and oxygen atoms in total. The summed E-state index contributed by atoms with van der Waals surface area (Å²) >= 11 is 1.85. The molecule has 1 amide bonds. The highest BCUT2D eigenvalue weighted by Gasteiger charge is 2.23. The van der Waals surface area contributed by atoms with Gasteiger partial charge in [0.25, 0.3) is 0 Å². The van der Waals surface area contributed by atoms with E-state index in [0.29, 0.717) is 29.0 Å². The highest BCUT2D eigenvalue weighted by molar-refractivity contribution is 8.00. The first-order valence-corrected chi connectivity index (χ1v) is 9.01. The quantitative estimate of drug-likeness (QED) is 0.884. The number of hydrogen-bond donors (Lipinski definition) is 1. The summed E-state index contributed by atoms with van der Waals surface area (Å²) in [4.78, 5) is 15.9. The van der Waals surface area contributed by atoms with Crippen LogP contribution in [0, 0.1) is 0 Å². The Balaban J connectivity index is 1.71. The predicted octanol–water partition coefficient (Wildman–Crippen LogP) is 3.64. The minimum atomic E-state index is -0.0545. The van der Waals surface area contributed by atoms with Gasteiger partial charge in [-0.1, -0.05) is 19.1 Å². The van der Waals surface area contributed by atoms with Gasteiger partial charge < -0.3 is 19.7 Å². The van der Waals surface area contributed by atoms with Gasteiger partial charge in [0.1, 0.15) is 0 Å². The van der Waals surface area contributed by atoms with Gasteiger partial charge in [0.2, 0.25) is 5.91 Å². The first-order chi connectivity index (χ1) is 12.1. The Morgan fingerprint density at radius 3 is 2.72 bits per heavy atom. The standard InChI is InChI=1S/C19H22N2O3S/c1-13-11-21(15-6-4-5-7-18(15)25-13)12-19(22)20-14-8-9-16(23-2)17(10-14)24-3/h4-10,13H,11-12H2,1-3H3,(H,20,22). The lowest BCUT2D eigenvalue weighted by Crippen LogP contribution is -2.39. The monoisotopic (exact) mass is 358 g/mol. The fraction of sp³-hybridized carbons (Fsp3) is 0.316. The summed E-state index contributed by atoms with van der Waals surface area (Å²) in [5, 5.41) is 3.39. The molecular formula is C19H22N2O3S. The van der Waals surface area contributed by atoms with Crippen LogP contribution in [0.1, 0.15) is 6.92 Å². The lowest BCUT2D eigenvalue weighted by molar-refractivity contribution is -0.115. The molecule has 25 heavy (non-hydrogen) atoms. The van der Waals surface area contributed by atoms with Gasteiger partial charge in [-0.05, 0) is 24.3 Å². The van der Waals surface area contributed by atoms with Gasteiger partial charge in [0.05, 0.1) is 26.5 Å². The van der Waals surface area contributed by atoms with Gasteiger partial charge in [-0.2, -0.15) is 0 Å². The molecule has 0 saturated carbocycles. The van der Waals surface area contributed by atoms with E-state index in [0.717, 1.165) is 12.2 Å². The van der Waals surface area contributed by atoms with Crippen molar-refractivity contribution in [1.82, 2.24) is 0 Å². The second kappa shape index (κ2) is 7.70. The zero-order chi connectivity index (χ0) is 17.8. The van der Waals surface area contributed by atoms with Gasteiger partial charge >= 0.3 is 0 Å². The summed E-state index contributed by atoms with van der Waals surface area (Å²) in [7, 11) is 3.16. The average Bonchev–Trinajstić information content (AvgIpc) is 2.61. The number of hydrogen-bond acceptors (Lipinski definition) is 5. The van der Waals surface area contributed by atoms with E-state index >= 15 is 0 Å². The molecule has 1 atom stereocenters. The third kappa shape index (κ3) is 4.02. The normalized spacial score (nSPS) is 16.1. The smallest absolute Gasteiger partial charge is 0.243 e. The van der Waals surface area contributed by atoms with Crippen LogP contribution in [0.25, 0.3) is 0 Å². The second-order valence-electron chi connectivity index (χ2n) is 5.89. The van der Waals surface area contributed by atoms with Crippen molar-refractivity contribution >= 4 is 29.0 Å². The lowest BCUT2D eigenvalue weighted by Gasteiger charge is -2.33. The number of amides is 1. The van der Waals surface area contributed by atoms with Crippen LogP contribution in [0.15, 0.2) is 47.4 Å². The topological polar surface area (TPSA) is 50.8 Å². The van der Waals surface area contributed by atoms with Crippen molar-refractivity contribution in [3.8, 4) is 11.5 Å². The maximum atomic E-state index is 12.5. The van der Waals surface area contributed by atoms with E-state index in [2.05, 4.69) is 29.3 Å². The molecule has 0 bridgehead atoms. The molecule has 0 radical (unpaired) electrons. The number of carbonyl (C=O) groups is 1. The first kappa shape index (κ1) is 17.5. The van der Waals surface area contributed by atoms with Gasteiger partial charge in [0.15, 0.2) is 11.5 Å². The summed E-state index contributed by atoms with van der Waals surface area (Å²) in [6.45, 7) is 3.34. The van der Waals surface area contributed by atoms with Crippen molar-refractivity contribution in [3.63, 3.8) is 0 Å². The van der Waals surface area contributed by atoms with Crippen molar-refractivity contribution in [3.05, 3.63) is 42.5 Å². The van der Waals surface area contributed by atoms with Gasteiger partial charge in [-0.15, -0.1) is 11.8 Å². The van der Waals surface area contributed by atoms with Crippen LogP contribution >= 0.6 is 11.8 Å². The molecule has 3 rings (SSSR count). The summed E-state index contributed by atoms with van der Waals surface area (Å²) in [6.07, 6.45) is 0. The van der Waals surface area contributed by atoms with Gasteiger partial charge in [0, 0.05) is 28.4 Å². The first-order valence-electron chi connectivity index (χ1n) is 8.13. The number of carbonyl (C=O) groups excluding carboxylic acids is 1. The number of methoxy groups -OCH3 is 2. The van der Waals surface area contributed by atoms with Gasteiger partial charge in [-0.25, -0.2) is 0 Å². The third-order valence-electron chi connectivity index (χ3n) is 4.01. The molecule has 2 aromatic carbocycles. The fourth-order valence-electron chi connectivity index (χ4n) is 2.92. The number of thioether (sulfide) groups is 1. The van der Waals surface area contributed by atoms with E-state index in [1.165, 1.54) is 4.90 Å². The van der Waals surface area contributed by atoms with E-state index in [1.54, 1.807) is 26.4 Å². The highest BCUT2D eigenvalue weighted by atomic mass is 32.2. The largest absolute Gasteiger partial charge is 0.493 e. The molecule has 1 unspecified atom stereocenters. The van der Waals surface area contributed by atoms with E-state index in [1.807, 2.05) is 30.0 Å². The number of anilines is 2.